The summed E-state index contributed by atoms with van der Waals surface area (Å²) in [6.07, 6.45) is 3.74. The molecule has 0 spiro atoms. The molecule has 112 valence electrons. The Morgan fingerprint density at radius 2 is 2.10 bits per heavy atom. The number of rotatable bonds is 2. The van der Waals surface area contributed by atoms with Gasteiger partial charge in [-0.3, -0.25) is 4.68 Å². The van der Waals surface area contributed by atoms with Crippen LogP contribution in [0.5, 0.6) is 0 Å². The molecule has 3 heterocycles. The van der Waals surface area contributed by atoms with Gasteiger partial charge in [0, 0.05) is 41.1 Å². The highest BCUT2D eigenvalue weighted by Gasteiger charge is 2.29. The molecule has 2 aromatic heterocycles. The van der Waals surface area contributed by atoms with Crippen molar-refractivity contribution in [3.8, 4) is 11.3 Å². The normalized spacial score (nSPS) is 26.0. The van der Waals surface area contributed by atoms with Crippen molar-refractivity contribution in [1.82, 2.24) is 19.7 Å². The molecule has 2 aromatic rings. The summed E-state index contributed by atoms with van der Waals surface area (Å²) >= 11 is 10.1. The number of halogens is 1. The van der Waals surface area contributed by atoms with Gasteiger partial charge < -0.3 is 0 Å². The van der Waals surface area contributed by atoms with Crippen molar-refractivity contribution in [2.24, 2.45) is 7.05 Å². The zero-order valence-electron chi connectivity index (χ0n) is 12.2. The Hall–Kier alpha value is -0.720. The standard InChI is InChI=1S/C14H17ClN4S2/c1-8-9(2)21-12(7-20-8)14-17-11(4-13(15)18-14)10-5-16-19(3)6-10/h4-6,8-9,12H,7H2,1-3H3. The minimum atomic E-state index is 0.301. The average molecular weight is 341 g/mol. The topological polar surface area (TPSA) is 43.6 Å². The Morgan fingerprint density at radius 3 is 2.76 bits per heavy atom. The van der Waals surface area contributed by atoms with Crippen LogP contribution in [0.1, 0.15) is 24.9 Å². The van der Waals surface area contributed by atoms with Crippen LogP contribution in [0.3, 0.4) is 0 Å². The zero-order chi connectivity index (χ0) is 15.0. The van der Waals surface area contributed by atoms with Crippen molar-refractivity contribution in [2.45, 2.75) is 29.6 Å². The molecule has 3 unspecified atom stereocenters. The predicted octanol–water partition coefficient (Wildman–Crippen LogP) is 3.83. The van der Waals surface area contributed by atoms with E-state index >= 15 is 0 Å². The first kappa shape index (κ1) is 15.2. The molecular weight excluding hydrogens is 324 g/mol. The number of aromatic nitrogens is 4. The number of aryl methyl sites for hydroxylation is 1. The van der Waals surface area contributed by atoms with Crippen LogP contribution in [0, 0.1) is 0 Å². The van der Waals surface area contributed by atoms with Crippen LogP contribution in [0.15, 0.2) is 18.5 Å². The van der Waals surface area contributed by atoms with Crippen molar-refractivity contribution in [1.29, 1.82) is 0 Å². The highest BCUT2D eigenvalue weighted by molar-refractivity contribution is 8.07. The molecule has 3 rings (SSSR count). The summed E-state index contributed by atoms with van der Waals surface area (Å²) in [5, 5.41) is 6.25. The van der Waals surface area contributed by atoms with E-state index in [9.17, 15) is 0 Å². The third kappa shape index (κ3) is 3.38. The molecular formula is C14H17ClN4S2. The average Bonchev–Trinajstić information content (AvgIpc) is 2.88. The van der Waals surface area contributed by atoms with E-state index in [1.165, 1.54) is 0 Å². The fourth-order valence-corrected chi connectivity index (χ4v) is 5.23. The van der Waals surface area contributed by atoms with Gasteiger partial charge in [0.15, 0.2) is 0 Å². The number of hydrogen-bond donors (Lipinski definition) is 0. The third-order valence-electron chi connectivity index (χ3n) is 3.55. The lowest BCUT2D eigenvalue weighted by Gasteiger charge is -2.30. The van der Waals surface area contributed by atoms with Crippen molar-refractivity contribution in [3.63, 3.8) is 0 Å². The number of nitrogens with zero attached hydrogens (tertiary/aromatic N) is 4. The van der Waals surface area contributed by atoms with Crippen LogP contribution in [0.4, 0.5) is 0 Å². The minimum absolute atomic E-state index is 0.301. The molecule has 0 amide bonds. The van der Waals surface area contributed by atoms with Crippen LogP contribution in [-0.2, 0) is 7.05 Å². The van der Waals surface area contributed by atoms with E-state index < -0.39 is 0 Å². The molecule has 1 aliphatic rings. The van der Waals surface area contributed by atoms with Gasteiger partial charge in [0.2, 0.25) is 0 Å². The molecule has 0 N–H and O–H groups in total. The first-order valence-electron chi connectivity index (χ1n) is 6.83. The second-order valence-electron chi connectivity index (χ2n) is 5.21. The summed E-state index contributed by atoms with van der Waals surface area (Å²) in [7, 11) is 1.89. The molecule has 0 radical (unpaired) electrons. The van der Waals surface area contributed by atoms with Gasteiger partial charge in [0.1, 0.15) is 11.0 Å². The quantitative estimate of drug-likeness (QED) is 0.777. The lowest BCUT2D eigenvalue weighted by atomic mass is 10.2. The lowest BCUT2D eigenvalue weighted by Crippen LogP contribution is -2.23. The van der Waals surface area contributed by atoms with Crippen molar-refractivity contribution in [3.05, 3.63) is 29.4 Å². The Balaban J connectivity index is 1.91. The monoisotopic (exact) mass is 340 g/mol. The first-order valence-corrected chi connectivity index (χ1v) is 9.20. The predicted molar refractivity (Wildman–Crippen MR) is 91.0 cm³/mol. The summed E-state index contributed by atoms with van der Waals surface area (Å²) in [6.45, 7) is 4.54. The molecule has 0 saturated carbocycles. The Kier molecular flexibility index (Phi) is 4.47. The van der Waals surface area contributed by atoms with E-state index in [-0.39, 0.29) is 0 Å². The smallest absolute Gasteiger partial charge is 0.144 e. The Bertz CT molecular complexity index is 646. The summed E-state index contributed by atoms with van der Waals surface area (Å²) in [5.41, 5.74) is 1.81. The van der Waals surface area contributed by atoms with Crippen LogP contribution < -0.4 is 0 Å². The van der Waals surface area contributed by atoms with Gasteiger partial charge in [-0.15, -0.1) is 11.8 Å². The number of hydrogen-bond acceptors (Lipinski definition) is 5. The van der Waals surface area contributed by atoms with E-state index in [1.54, 1.807) is 16.9 Å². The zero-order valence-corrected chi connectivity index (χ0v) is 14.5. The van der Waals surface area contributed by atoms with Gasteiger partial charge >= 0.3 is 0 Å². The molecule has 1 aliphatic heterocycles. The SMILES string of the molecule is CC1SCC(c2nc(Cl)cc(-c3cnn(C)c3)n2)SC1C. The molecule has 4 nitrogen and oxygen atoms in total. The summed E-state index contributed by atoms with van der Waals surface area (Å²) in [4.78, 5) is 9.16. The maximum Gasteiger partial charge on any atom is 0.144 e. The molecule has 0 bridgehead atoms. The van der Waals surface area contributed by atoms with Gasteiger partial charge in [-0.2, -0.15) is 16.9 Å². The minimum Gasteiger partial charge on any atom is -0.275 e. The lowest BCUT2D eigenvalue weighted by molar-refractivity contribution is 0.768. The second kappa shape index (κ2) is 6.18. The van der Waals surface area contributed by atoms with Gasteiger partial charge in [0.25, 0.3) is 0 Å². The van der Waals surface area contributed by atoms with E-state index in [0.717, 1.165) is 22.8 Å². The molecule has 7 heteroatoms. The molecule has 1 fully saturated rings. The van der Waals surface area contributed by atoms with Gasteiger partial charge in [-0.25, -0.2) is 9.97 Å². The highest BCUT2D eigenvalue weighted by Crippen LogP contribution is 2.43. The fraction of sp³-hybridized carbons (Fsp3) is 0.500. The molecule has 21 heavy (non-hydrogen) atoms. The largest absolute Gasteiger partial charge is 0.275 e. The van der Waals surface area contributed by atoms with Gasteiger partial charge in [0.05, 0.1) is 17.1 Å². The van der Waals surface area contributed by atoms with Crippen LogP contribution in [-0.4, -0.2) is 36.0 Å². The van der Waals surface area contributed by atoms with Crippen LogP contribution in [0.2, 0.25) is 5.15 Å². The summed E-state index contributed by atoms with van der Waals surface area (Å²) < 4.78 is 1.76. The molecule has 0 aromatic carbocycles. The van der Waals surface area contributed by atoms with E-state index in [0.29, 0.717) is 20.9 Å². The highest BCUT2D eigenvalue weighted by atomic mass is 35.5. The van der Waals surface area contributed by atoms with Gasteiger partial charge in [-0.05, 0) is 0 Å². The van der Waals surface area contributed by atoms with E-state index in [1.807, 2.05) is 36.8 Å². The third-order valence-corrected chi connectivity index (χ3v) is 7.13. The molecule has 3 atom stereocenters. The van der Waals surface area contributed by atoms with E-state index in [2.05, 4.69) is 23.9 Å². The maximum atomic E-state index is 6.20. The van der Waals surface area contributed by atoms with Crippen molar-refractivity contribution < 1.29 is 0 Å². The maximum absolute atomic E-state index is 6.20. The summed E-state index contributed by atoms with van der Waals surface area (Å²) in [5.74, 6) is 1.86. The Labute approximate surface area is 138 Å². The van der Waals surface area contributed by atoms with Crippen LogP contribution in [0.25, 0.3) is 11.3 Å². The first-order chi connectivity index (χ1) is 10.0. The number of thioether (sulfide) groups is 2. The van der Waals surface area contributed by atoms with Crippen LogP contribution >= 0.6 is 35.1 Å². The summed E-state index contributed by atoms with van der Waals surface area (Å²) in [6, 6.07) is 1.80. The van der Waals surface area contributed by atoms with Crippen molar-refractivity contribution in [2.75, 3.05) is 5.75 Å². The molecule has 0 aliphatic carbocycles. The Morgan fingerprint density at radius 1 is 1.29 bits per heavy atom. The fourth-order valence-electron chi connectivity index (χ4n) is 2.20. The second-order valence-corrected chi connectivity index (χ2v) is 8.59. The van der Waals surface area contributed by atoms with E-state index in [4.69, 9.17) is 16.6 Å². The van der Waals surface area contributed by atoms with Gasteiger partial charge in [-0.1, -0.05) is 25.4 Å². The van der Waals surface area contributed by atoms with Crippen molar-refractivity contribution >= 4 is 35.1 Å². The molecule has 1 saturated heterocycles.